The van der Waals surface area contributed by atoms with Crippen molar-refractivity contribution in [1.82, 2.24) is 9.97 Å². The van der Waals surface area contributed by atoms with Crippen LogP contribution in [0.1, 0.15) is 25.1 Å². The van der Waals surface area contributed by atoms with Gasteiger partial charge in [0.1, 0.15) is 0 Å². The average Bonchev–Trinajstić information content (AvgIpc) is 2.09. The summed E-state index contributed by atoms with van der Waals surface area (Å²) < 4.78 is 5.18. The minimum atomic E-state index is 0.486. The molecule has 1 aromatic rings. The number of ether oxygens (including phenoxy) is 1. The van der Waals surface area contributed by atoms with Crippen molar-refractivity contribution in [3.8, 4) is 6.01 Å². The first kappa shape index (κ1) is 8.97. The van der Waals surface area contributed by atoms with Crippen molar-refractivity contribution in [1.29, 1.82) is 0 Å². The molecule has 0 saturated carbocycles. The molecular formula is C9H14N2O. The van der Waals surface area contributed by atoms with Crippen LogP contribution < -0.4 is 4.74 Å². The van der Waals surface area contributed by atoms with Gasteiger partial charge in [0, 0.05) is 6.20 Å². The summed E-state index contributed by atoms with van der Waals surface area (Å²) in [4.78, 5) is 8.29. The quantitative estimate of drug-likeness (QED) is 0.686. The lowest BCUT2D eigenvalue weighted by molar-refractivity contribution is 0.311. The topological polar surface area (TPSA) is 35.0 Å². The largest absolute Gasteiger partial charge is 0.464 e. The van der Waals surface area contributed by atoms with Gasteiger partial charge in [-0.05, 0) is 25.8 Å². The van der Waals surface area contributed by atoms with Crippen molar-refractivity contribution in [3.05, 3.63) is 17.5 Å². The van der Waals surface area contributed by atoms with Gasteiger partial charge >= 0.3 is 6.01 Å². The Kier molecular flexibility index (Phi) is 3.02. The minimum absolute atomic E-state index is 0.486. The van der Waals surface area contributed by atoms with Gasteiger partial charge in [-0.25, -0.2) is 9.97 Å². The molecule has 1 heterocycles. The van der Waals surface area contributed by atoms with Crippen LogP contribution in [-0.4, -0.2) is 16.6 Å². The summed E-state index contributed by atoms with van der Waals surface area (Å²) in [6.45, 7) is 6.63. The molecule has 0 aliphatic heterocycles. The molecule has 0 amide bonds. The fraction of sp³-hybridized carbons (Fsp3) is 0.556. The Hall–Kier alpha value is -1.12. The molecule has 66 valence electrons. The van der Waals surface area contributed by atoms with Gasteiger partial charge < -0.3 is 4.74 Å². The summed E-state index contributed by atoms with van der Waals surface area (Å²) in [5.41, 5.74) is 2.19. The van der Waals surface area contributed by atoms with Crippen LogP contribution in [0, 0.1) is 6.92 Å². The zero-order valence-corrected chi connectivity index (χ0v) is 7.79. The first-order valence-electron chi connectivity index (χ1n) is 4.23. The Labute approximate surface area is 72.8 Å². The Morgan fingerprint density at radius 3 is 2.75 bits per heavy atom. The van der Waals surface area contributed by atoms with E-state index >= 15 is 0 Å². The molecule has 0 fully saturated rings. The molecule has 1 aromatic heterocycles. The molecule has 12 heavy (non-hydrogen) atoms. The summed E-state index contributed by atoms with van der Waals surface area (Å²) in [6.07, 6.45) is 2.73. The molecule has 0 saturated heterocycles. The van der Waals surface area contributed by atoms with Crippen molar-refractivity contribution >= 4 is 0 Å². The van der Waals surface area contributed by atoms with E-state index in [1.54, 1.807) is 6.20 Å². The van der Waals surface area contributed by atoms with Crippen LogP contribution in [0.4, 0.5) is 0 Å². The van der Waals surface area contributed by atoms with Gasteiger partial charge in [0.15, 0.2) is 0 Å². The lowest BCUT2D eigenvalue weighted by atomic mass is 10.2. The second-order valence-corrected chi connectivity index (χ2v) is 2.57. The van der Waals surface area contributed by atoms with Crippen LogP contribution in [0.3, 0.4) is 0 Å². The Bertz CT molecular complexity index is 261. The molecule has 3 heteroatoms. The van der Waals surface area contributed by atoms with Crippen molar-refractivity contribution in [2.45, 2.75) is 27.2 Å². The lowest BCUT2D eigenvalue weighted by Crippen LogP contribution is -2.01. The standard InChI is InChI=1S/C9H14N2O/c1-4-8-7(3)6-10-9(11-8)12-5-2/h6H,4-5H2,1-3H3. The number of hydrogen-bond donors (Lipinski definition) is 0. The maximum absolute atomic E-state index is 5.18. The lowest BCUT2D eigenvalue weighted by Gasteiger charge is -2.04. The second kappa shape index (κ2) is 4.04. The maximum Gasteiger partial charge on any atom is 0.316 e. The first-order chi connectivity index (χ1) is 5.77. The third-order valence-corrected chi connectivity index (χ3v) is 1.66. The predicted octanol–water partition coefficient (Wildman–Crippen LogP) is 1.75. The molecule has 0 spiro atoms. The van der Waals surface area contributed by atoms with Gasteiger partial charge in [-0.15, -0.1) is 0 Å². The van der Waals surface area contributed by atoms with Gasteiger partial charge in [-0.1, -0.05) is 6.92 Å². The smallest absolute Gasteiger partial charge is 0.316 e. The maximum atomic E-state index is 5.18. The van der Waals surface area contributed by atoms with Gasteiger partial charge in [0.2, 0.25) is 0 Å². The van der Waals surface area contributed by atoms with E-state index in [1.807, 2.05) is 13.8 Å². The van der Waals surface area contributed by atoms with Crippen molar-refractivity contribution in [2.24, 2.45) is 0 Å². The third kappa shape index (κ3) is 1.94. The van der Waals surface area contributed by atoms with E-state index in [0.29, 0.717) is 12.6 Å². The van der Waals surface area contributed by atoms with Crippen molar-refractivity contribution in [2.75, 3.05) is 6.61 Å². The highest BCUT2D eigenvalue weighted by atomic mass is 16.5. The SMILES string of the molecule is CCOc1ncc(C)c(CC)n1. The molecule has 0 radical (unpaired) electrons. The minimum Gasteiger partial charge on any atom is -0.464 e. The number of aromatic nitrogens is 2. The summed E-state index contributed by atoms with van der Waals surface area (Å²) >= 11 is 0. The van der Waals surface area contributed by atoms with E-state index in [4.69, 9.17) is 4.74 Å². The van der Waals surface area contributed by atoms with E-state index < -0.39 is 0 Å². The zero-order valence-electron chi connectivity index (χ0n) is 7.79. The number of rotatable bonds is 3. The zero-order chi connectivity index (χ0) is 8.97. The van der Waals surface area contributed by atoms with Crippen LogP contribution in [0.5, 0.6) is 6.01 Å². The molecule has 0 N–H and O–H groups in total. The normalized spacial score (nSPS) is 9.92. The summed E-state index contributed by atoms with van der Waals surface area (Å²) in [6, 6.07) is 0.486. The Morgan fingerprint density at radius 1 is 1.42 bits per heavy atom. The molecule has 0 atom stereocenters. The predicted molar refractivity (Wildman–Crippen MR) is 47.3 cm³/mol. The van der Waals surface area contributed by atoms with E-state index in [1.165, 1.54) is 0 Å². The number of aryl methyl sites for hydroxylation is 2. The molecule has 0 aliphatic carbocycles. The van der Waals surface area contributed by atoms with Crippen molar-refractivity contribution < 1.29 is 4.74 Å². The number of nitrogens with zero attached hydrogens (tertiary/aromatic N) is 2. The van der Waals surface area contributed by atoms with Crippen LogP contribution >= 0.6 is 0 Å². The molecule has 0 aromatic carbocycles. The summed E-state index contributed by atoms with van der Waals surface area (Å²) in [7, 11) is 0. The Morgan fingerprint density at radius 2 is 2.17 bits per heavy atom. The van der Waals surface area contributed by atoms with Crippen LogP contribution in [0.25, 0.3) is 0 Å². The van der Waals surface area contributed by atoms with Gasteiger partial charge in [-0.2, -0.15) is 0 Å². The monoisotopic (exact) mass is 166 g/mol. The molecule has 0 aliphatic rings. The third-order valence-electron chi connectivity index (χ3n) is 1.66. The van der Waals surface area contributed by atoms with Crippen LogP contribution in [-0.2, 0) is 6.42 Å². The first-order valence-corrected chi connectivity index (χ1v) is 4.23. The fourth-order valence-electron chi connectivity index (χ4n) is 1.02. The fourth-order valence-corrected chi connectivity index (χ4v) is 1.02. The molecule has 1 rings (SSSR count). The Balaban J connectivity index is 2.89. The van der Waals surface area contributed by atoms with E-state index in [2.05, 4.69) is 16.9 Å². The highest BCUT2D eigenvalue weighted by molar-refractivity contribution is 5.17. The molecule has 3 nitrogen and oxygen atoms in total. The van der Waals surface area contributed by atoms with E-state index in [-0.39, 0.29) is 0 Å². The highest BCUT2D eigenvalue weighted by Gasteiger charge is 2.01. The highest BCUT2D eigenvalue weighted by Crippen LogP contribution is 2.08. The summed E-state index contributed by atoms with van der Waals surface area (Å²) in [5, 5.41) is 0. The number of hydrogen-bond acceptors (Lipinski definition) is 3. The molecule has 0 bridgehead atoms. The van der Waals surface area contributed by atoms with E-state index in [0.717, 1.165) is 17.7 Å². The second-order valence-electron chi connectivity index (χ2n) is 2.57. The summed E-state index contributed by atoms with van der Waals surface area (Å²) in [5.74, 6) is 0. The molecule has 0 unspecified atom stereocenters. The van der Waals surface area contributed by atoms with Crippen molar-refractivity contribution in [3.63, 3.8) is 0 Å². The van der Waals surface area contributed by atoms with Gasteiger partial charge in [-0.3, -0.25) is 0 Å². The molecular weight excluding hydrogens is 152 g/mol. The van der Waals surface area contributed by atoms with Crippen LogP contribution in [0.2, 0.25) is 0 Å². The van der Waals surface area contributed by atoms with Gasteiger partial charge in [0.05, 0.1) is 12.3 Å². The van der Waals surface area contributed by atoms with E-state index in [9.17, 15) is 0 Å². The van der Waals surface area contributed by atoms with Crippen LogP contribution in [0.15, 0.2) is 6.20 Å². The van der Waals surface area contributed by atoms with Gasteiger partial charge in [0.25, 0.3) is 0 Å². The average molecular weight is 166 g/mol.